The molecule has 0 saturated heterocycles. The van der Waals surface area contributed by atoms with Gasteiger partial charge in [0.2, 0.25) is 0 Å². The average molecular weight is 430 g/mol. The number of carbonyl (C=O) groups excluding carboxylic acids is 1. The Bertz CT molecular complexity index is 1050. The normalized spacial score (nSPS) is 21.7. The molecule has 3 atom stereocenters. The molecule has 0 bridgehead atoms. The van der Waals surface area contributed by atoms with Crippen LogP contribution in [0.25, 0.3) is 0 Å². The van der Waals surface area contributed by atoms with Gasteiger partial charge in [-0.15, -0.1) is 0 Å². The van der Waals surface area contributed by atoms with Crippen LogP contribution in [0, 0.1) is 5.92 Å². The molecule has 5 nitrogen and oxygen atoms in total. The number of fused-ring (bicyclic) bond motifs is 3. The Morgan fingerprint density at radius 2 is 1.97 bits per heavy atom. The fourth-order valence-electron chi connectivity index (χ4n) is 4.36. The molecule has 0 fully saturated rings. The SMILES string of the molecule is O=C(O)CCNC(=O)c1ccc2c(c1)[C@@H]1C=CC[C@H]1[C@H](c1cccc(C(F)(F)F)c1)N2. The molecule has 1 aliphatic heterocycles. The first kappa shape index (κ1) is 21.0. The number of hydrogen-bond donors (Lipinski definition) is 3. The lowest BCUT2D eigenvalue weighted by Gasteiger charge is -2.38. The van der Waals surface area contributed by atoms with Gasteiger partial charge >= 0.3 is 12.1 Å². The van der Waals surface area contributed by atoms with E-state index in [-0.39, 0.29) is 36.8 Å². The molecular weight excluding hydrogens is 409 g/mol. The van der Waals surface area contributed by atoms with Gasteiger partial charge in [0, 0.05) is 23.7 Å². The van der Waals surface area contributed by atoms with Crippen LogP contribution in [-0.2, 0) is 11.0 Å². The summed E-state index contributed by atoms with van der Waals surface area (Å²) in [5, 5.41) is 14.7. The van der Waals surface area contributed by atoms with Crippen molar-refractivity contribution in [2.75, 3.05) is 11.9 Å². The van der Waals surface area contributed by atoms with E-state index in [1.165, 1.54) is 12.1 Å². The number of carboxylic acids is 1. The first-order chi connectivity index (χ1) is 14.7. The lowest BCUT2D eigenvalue weighted by atomic mass is 9.76. The first-order valence-electron chi connectivity index (χ1n) is 9.98. The van der Waals surface area contributed by atoms with E-state index in [4.69, 9.17) is 5.11 Å². The minimum atomic E-state index is -4.40. The molecule has 2 aromatic rings. The Kier molecular flexibility index (Phi) is 5.47. The number of amides is 1. The largest absolute Gasteiger partial charge is 0.481 e. The lowest BCUT2D eigenvalue weighted by molar-refractivity contribution is -0.138. The highest BCUT2D eigenvalue weighted by Crippen LogP contribution is 2.50. The van der Waals surface area contributed by atoms with Crippen LogP contribution >= 0.6 is 0 Å². The molecule has 0 spiro atoms. The van der Waals surface area contributed by atoms with Gasteiger partial charge in [0.15, 0.2) is 0 Å². The zero-order valence-corrected chi connectivity index (χ0v) is 16.4. The summed E-state index contributed by atoms with van der Waals surface area (Å²) in [4.78, 5) is 23.0. The van der Waals surface area contributed by atoms with Gasteiger partial charge in [-0.05, 0) is 53.8 Å². The molecule has 1 heterocycles. The number of allylic oxidation sites excluding steroid dienone is 2. The number of nitrogens with one attached hydrogen (secondary N) is 2. The van der Waals surface area contributed by atoms with Gasteiger partial charge in [0.05, 0.1) is 18.0 Å². The van der Waals surface area contributed by atoms with Crippen LogP contribution in [0.5, 0.6) is 0 Å². The van der Waals surface area contributed by atoms with Crippen molar-refractivity contribution in [3.63, 3.8) is 0 Å². The zero-order valence-electron chi connectivity index (χ0n) is 16.4. The number of aliphatic carboxylic acids is 1. The van der Waals surface area contributed by atoms with Gasteiger partial charge in [-0.2, -0.15) is 13.2 Å². The summed E-state index contributed by atoms with van der Waals surface area (Å²) >= 11 is 0. The Labute approximate surface area is 177 Å². The highest BCUT2D eigenvalue weighted by Gasteiger charge is 2.39. The van der Waals surface area contributed by atoms with E-state index in [0.717, 1.165) is 17.3 Å². The summed E-state index contributed by atoms with van der Waals surface area (Å²) in [5.41, 5.74) is 2.01. The number of hydrogen-bond acceptors (Lipinski definition) is 3. The predicted molar refractivity (Wildman–Crippen MR) is 109 cm³/mol. The van der Waals surface area contributed by atoms with Gasteiger partial charge in [-0.3, -0.25) is 9.59 Å². The van der Waals surface area contributed by atoms with Crippen LogP contribution in [0.15, 0.2) is 54.6 Å². The van der Waals surface area contributed by atoms with Crippen molar-refractivity contribution >= 4 is 17.6 Å². The third-order valence-corrected chi connectivity index (χ3v) is 5.82. The van der Waals surface area contributed by atoms with Crippen LogP contribution in [0.4, 0.5) is 18.9 Å². The fourth-order valence-corrected chi connectivity index (χ4v) is 4.36. The monoisotopic (exact) mass is 430 g/mol. The molecule has 0 saturated carbocycles. The highest BCUT2D eigenvalue weighted by atomic mass is 19.4. The third kappa shape index (κ3) is 4.28. The smallest absolute Gasteiger partial charge is 0.416 e. The van der Waals surface area contributed by atoms with Crippen molar-refractivity contribution in [3.8, 4) is 0 Å². The van der Waals surface area contributed by atoms with Crippen molar-refractivity contribution in [2.45, 2.75) is 31.0 Å². The summed E-state index contributed by atoms with van der Waals surface area (Å²) in [6.45, 7) is 0.0348. The summed E-state index contributed by atoms with van der Waals surface area (Å²) in [7, 11) is 0. The van der Waals surface area contributed by atoms with Crippen molar-refractivity contribution in [3.05, 3.63) is 76.9 Å². The average Bonchev–Trinajstić information content (AvgIpc) is 3.22. The number of anilines is 1. The molecular formula is C23H21F3N2O3. The van der Waals surface area contributed by atoms with Crippen molar-refractivity contribution < 1.29 is 27.9 Å². The Hall–Kier alpha value is -3.29. The van der Waals surface area contributed by atoms with Crippen molar-refractivity contribution in [1.29, 1.82) is 0 Å². The van der Waals surface area contributed by atoms with Crippen LogP contribution in [0.3, 0.4) is 0 Å². The summed E-state index contributed by atoms with van der Waals surface area (Å²) in [6.07, 6.45) is 0.208. The zero-order chi connectivity index (χ0) is 22.2. The molecule has 8 heteroatoms. The molecule has 162 valence electrons. The van der Waals surface area contributed by atoms with Gasteiger partial charge < -0.3 is 15.7 Å². The molecule has 3 N–H and O–H groups in total. The van der Waals surface area contributed by atoms with E-state index in [1.54, 1.807) is 24.3 Å². The minimum absolute atomic E-state index is 0.0254. The number of carboxylic acid groups (broad SMARTS) is 1. The van der Waals surface area contributed by atoms with Gasteiger partial charge in [0.25, 0.3) is 5.91 Å². The molecule has 1 amide bonds. The maximum atomic E-state index is 13.2. The molecule has 2 aliphatic rings. The number of carbonyl (C=O) groups is 2. The topological polar surface area (TPSA) is 78.4 Å². The van der Waals surface area contributed by atoms with Crippen LogP contribution in [0.2, 0.25) is 0 Å². The molecule has 0 unspecified atom stereocenters. The maximum absolute atomic E-state index is 13.2. The highest BCUT2D eigenvalue weighted by molar-refractivity contribution is 5.95. The quantitative estimate of drug-likeness (QED) is 0.599. The lowest BCUT2D eigenvalue weighted by Crippen LogP contribution is -2.30. The van der Waals surface area contributed by atoms with E-state index >= 15 is 0 Å². The standard InChI is InChI=1S/C23H21F3N2O3/c24-23(25,26)15-4-1-3-13(11-15)21-17-6-2-5-16(17)18-12-14(7-8-19(18)28-21)22(31)27-10-9-20(29)30/h1-5,7-8,11-12,16-17,21,28H,6,9-10H2,(H,27,31)(H,29,30)/t16-,17-,21+/m1/s1. The minimum Gasteiger partial charge on any atom is -0.481 e. The van der Waals surface area contributed by atoms with E-state index < -0.39 is 17.7 Å². The van der Waals surface area contributed by atoms with E-state index in [1.807, 2.05) is 12.2 Å². The van der Waals surface area contributed by atoms with Crippen LogP contribution in [-0.4, -0.2) is 23.5 Å². The van der Waals surface area contributed by atoms with Gasteiger partial charge in [-0.25, -0.2) is 0 Å². The van der Waals surface area contributed by atoms with E-state index in [0.29, 0.717) is 17.5 Å². The molecule has 1 aliphatic carbocycles. The Balaban J connectivity index is 1.61. The molecule has 0 radical (unpaired) electrons. The molecule has 0 aromatic heterocycles. The third-order valence-electron chi connectivity index (χ3n) is 5.82. The summed E-state index contributed by atoms with van der Waals surface area (Å²) < 4.78 is 39.6. The second-order valence-corrected chi connectivity index (χ2v) is 7.80. The van der Waals surface area contributed by atoms with Crippen LogP contribution < -0.4 is 10.6 Å². The van der Waals surface area contributed by atoms with E-state index in [9.17, 15) is 22.8 Å². The van der Waals surface area contributed by atoms with Gasteiger partial charge in [0.1, 0.15) is 0 Å². The Morgan fingerprint density at radius 3 is 2.71 bits per heavy atom. The number of alkyl halides is 3. The van der Waals surface area contributed by atoms with Crippen molar-refractivity contribution in [2.24, 2.45) is 5.92 Å². The maximum Gasteiger partial charge on any atom is 0.416 e. The van der Waals surface area contributed by atoms with Gasteiger partial charge in [-0.1, -0.05) is 24.3 Å². The van der Waals surface area contributed by atoms with Crippen molar-refractivity contribution in [1.82, 2.24) is 5.32 Å². The first-order valence-corrected chi connectivity index (χ1v) is 9.98. The van der Waals surface area contributed by atoms with E-state index in [2.05, 4.69) is 10.6 Å². The summed E-state index contributed by atoms with van der Waals surface area (Å²) in [5.74, 6) is -1.35. The number of rotatable bonds is 5. The summed E-state index contributed by atoms with van der Waals surface area (Å²) in [6, 6.07) is 10.3. The fraction of sp³-hybridized carbons (Fsp3) is 0.304. The molecule has 2 aromatic carbocycles. The second-order valence-electron chi connectivity index (χ2n) is 7.80. The predicted octanol–water partition coefficient (Wildman–Crippen LogP) is 4.74. The Morgan fingerprint density at radius 1 is 1.16 bits per heavy atom. The second kappa shape index (κ2) is 8.09. The number of halogens is 3. The number of benzene rings is 2. The molecule has 4 rings (SSSR count). The molecule has 31 heavy (non-hydrogen) atoms. The van der Waals surface area contributed by atoms with Crippen LogP contribution in [0.1, 0.15) is 51.8 Å².